The first-order valence-corrected chi connectivity index (χ1v) is 10.4. The van der Waals surface area contributed by atoms with Crippen LogP contribution in [0.5, 0.6) is 0 Å². The maximum Gasteiger partial charge on any atom is 0.109 e. The summed E-state index contributed by atoms with van der Waals surface area (Å²) in [5, 5.41) is 39.0. The zero-order valence-electron chi connectivity index (χ0n) is 16.5. The quantitative estimate of drug-likeness (QED) is 0.453. The highest BCUT2D eigenvalue weighted by Crippen LogP contribution is 2.30. The van der Waals surface area contributed by atoms with E-state index in [-0.39, 0.29) is 6.61 Å². The SMILES string of the molecule is CC1CC(C)CC(OCCCCCCN2C[C@H](O)[C@@H](O)[C@H](O)[C@H]2CO)C1. The molecule has 26 heavy (non-hydrogen) atoms. The smallest absolute Gasteiger partial charge is 0.109 e. The molecule has 2 unspecified atom stereocenters. The van der Waals surface area contributed by atoms with Crippen LogP contribution in [0, 0.1) is 11.8 Å². The summed E-state index contributed by atoms with van der Waals surface area (Å²) in [6, 6.07) is -0.494. The maximum absolute atomic E-state index is 9.98. The monoisotopic (exact) mass is 373 g/mol. The van der Waals surface area contributed by atoms with Gasteiger partial charge in [-0.15, -0.1) is 0 Å². The van der Waals surface area contributed by atoms with E-state index in [0.717, 1.165) is 44.1 Å². The van der Waals surface area contributed by atoms with Gasteiger partial charge < -0.3 is 25.2 Å². The van der Waals surface area contributed by atoms with Crippen molar-refractivity contribution in [2.45, 2.75) is 89.3 Å². The molecule has 1 heterocycles. The van der Waals surface area contributed by atoms with E-state index in [1.54, 1.807) is 0 Å². The number of rotatable bonds is 9. The van der Waals surface area contributed by atoms with E-state index in [1.165, 1.54) is 19.3 Å². The molecule has 4 N–H and O–H groups in total. The number of likely N-dealkylation sites (tertiary alicyclic amines) is 1. The molecule has 0 radical (unpaired) electrons. The van der Waals surface area contributed by atoms with Crippen LogP contribution in [-0.2, 0) is 4.74 Å². The molecule has 154 valence electrons. The van der Waals surface area contributed by atoms with Crippen LogP contribution in [0.4, 0.5) is 0 Å². The van der Waals surface area contributed by atoms with E-state index in [4.69, 9.17) is 4.74 Å². The van der Waals surface area contributed by atoms with Gasteiger partial charge in [0.15, 0.2) is 0 Å². The van der Waals surface area contributed by atoms with Crippen LogP contribution in [0.25, 0.3) is 0 Å². The third-order valence-electron chi connectivity index (χ3n) is 6.04. The minimum atomic E-state index is -1.18. The lowest BCUT2D eigenvalue weighted by Crippen LogP contribution is -2.62. The van der Waals surface area contributed by atoms with Crippen LogP contribution in [0.1, 0.15) is 58.8 Å². The number of nitrogens with zero attached hydrogens (tertiary/aromatic N) is 1. The van der Waals surface area contributed by atoms with Crippen molar-refractivity contribution in [1.82, 2.24) is 4.90 Å². The fourth-order valence-corrected chi connectivity index (χ4v) is 4.67. The Labute approximate surface area is 158 Å². The van der Waals surface area contributed by atoms with Gasteiger partial charge in [-0.25, -0.2) is 0 Å². The molecule has 2 rings (SSSR count). The van der Waals surface area contributed by atoms with Crippen molar-refractivity contribution in [1.29, 1.82) is 0 Å². The van der Waals surface area contributed by atoms with Gasteiger partial charge in [-0.2, -0.15) is 0 Å². The predicted octanol–water partition coefficient (Wildman–Crippen LogP) is 1.15. The predicted molar refractivity (Wildman–Crippen MR) is 101 cm³/mol. The summed E-state index contributed by atoms with van der Waals surface area (Å²) in [5.74, 6) is 1.55. The summed E-state index contributed by atoms with van der Waals surface area (Å²) in [6.07, 6.45) is 5.08. The second-order valence-electron chi connectivity index (χ2n) is 8.62. The third-order valence-corrected chi connectivity index (χ3v) is 6.04. The van der Waals surface area contributed by atoms with Crippen LogP contribution in [-0.4, -0.2) is 82.1 Å². The standard InChI is InChI=1S/C20H39NO5/c1-14-9-15(2)11-16(10-14)26-8-6-4-3-5-7-21-12-18(23)20(25)19(24)17(21)13-22/h14-20,22-25H,3-13H2,1-2H3/t14?,15?,16?,17-,18+,19-,20-/m1/s1. The number of hydrogen-bond acceptors (Lipinski definition) is 6. The van der Waals surface area contributed by atoms with E-state index in [1.807, 2.05) is 4.90 Å². The first-order valence-electron chi connectivity index (χ1n) is 10.4. The largest absolute Gasteiger partial charge is 0.395 e. The molecule has 0 aromatic heterocycles. The molecule has 0 amide bonds. The van der Waals surface area contributed by atoms with E-state index < -0.39 is 24.4 Å². The van der Waals surface area contributed by atoms with Gasteiger partial charge in [0.2, 0.25) is 0 Å². The highest BCUT2D eigenvalue weighted by Gasteiger charge is 2.40. The van der Waals surface area contributed by atoms with Crippen LogP contribution in [0.2, 0.25) is 0 Å². The fraction of sp³-hybridized carbons (Fsp3) is 1.00. The summed E-state index contributed by atoms with van der Waals surface area (Å²) in [7, 11) is 0. The van der Waals surface area contributed by atoms with E-state index >= 15 is 0 Å². The number of unbranched alkanes of at least 4 members (excludes halogenated alkanes) is 3. The number of aliphatic hydroxyl groups is 4. The second kappa shape index (κ2) is 10.9. The third kappa shape index (κ3) is 6.43. The van der Waals surface area contributed by atoms with Gasteiger partial charge >= 0.3 is 0 Å². The molecule has 0 bridgehead atoms. The van der Waals surface area contributed by atoms with E-state index in [2.05, 4.69) is 13.8 Å². The molecular formula is C20H39NO5. The van der Waals surface area contributed by atoms with Crippen LogP contribution >= 0.6 is 0 Å². The molecule has 1 saturated carbocycles. The second-order valence-corrected chi connectivity index (χ2v) is 8.62. The number of ether oxygens (including phenoxy) is 1. The van der Waals surface area contributed by atoms with Gasteiger partial charge in [-0.3, -0.25) is 4.90 Å². The van der Waals surface area contributed by atoms with Crippen molar-refractivity contribution in [3.05, 3.63) is 0 Å². The van der Waals surface area contributed by atoms with E-state index in [0.29, 0.717) is 19.2 Å². The molecule has 0 aromatic carbocycles. The summed E-state index contributed by atoms with van der Waals surface area (Å²) in [6.45, 7) is 6.27. The lowest BCUT2D eigenvalue weighted by molar-refractivity contribution is -0.145. The first-order chi connectivity index (χ1) is 12.4. The average Bonchev–Trinajstić information content (AvgIpc) is 2.58. The Kier molecular flexibility index (Phi) is 9.27. The Morgan fingerprint density at radius 1 is 0.885 bits per heavy atom. The Bertz CT molecular complexity index is 386. The first kappa shape index (κ1) is 22.1. The van der Waals surface area contributed by atoms with Crippen LogP contribution < -0.4 is 0 Å². The zero-order valence-corrected chi connectivity index (χ0v) is 16.5. The number of hydrogen-bond donors (Lipinski definition) is 4. The highest BCUT2D eigenvalue weighted by atomic mass is 16.5. The number of β-amino-alcohol motifs (C(OH)–C–C–N with tert-alkyl or cyclic N) is 1. The van der Waals surface area contributed by atoms with Crippen molar-refractivity contribution in [2.24, 2.45) is 11.8 Å². The van der Waals surface area contributed by atoms with Gasteiger partial charge in [0.05, 0.1) is 24.9 Å². The molecule has 1 saturated heterocycles. The maximum atomic E-state index is 9.98. The number of aliphatic hydroxyl groups excluding tert-OH is 4. The topological polar surface area (TPSA) is 93.4 Å². The van der Waals surface area contributed by atoms with E-state index in [9.17, 15) is 20.4 Å². The Morgan fingerprint density at radius 3 is 2.19 bits per heavy atom. The molecule has 1 aliphatic heterocycles. The van der Waals surface area contributed by atoms with Crippen molar-refractivity contribution in [3.63, 3.8) is 0 Å². The average molecular weight is 374 g/mol. The minimum absolute atomic E-state index is 0.211. The van der Waals surface area contributed by atoms with Crippen molar-refractivity contribution in [2.75, 3.05) is 26.3 Å². The Balaban J connectivity index is 1.56. The summed E-state index contributed by atoms with van der Waals surface area (Å²) >= 11 is 0. The lowest BCUT2D eigenvalue weighted by atomic mass is 9.82. The molecule has 2 aliphatic rings. The van der Waals surface area contributed by atoms with Crippen LogP contribution in [0.15, 0.2) is 0 Å². The van der Waals surface area contributed by atoms with Crippen LogP contribution in [0.3, 0.4) is 0 Å². The molecular weight excluding hydrogens is 334 g/mol. The summed E-state index contributed by atoms with van der Waals surface area (Å²) < 4.78 is 6.06. The van der Waals surface area contributed by atoms with Crippen molar-refractivity contribution >= 4 is 0 Å². The minimum Gasteiger partial charge on any atom is -0.395 e. The summed E-state index contributed by atoms with van der Waals surface area (Å²) in [4.78, 5) is 1.89. The molecule has 6 atom stereocenters. The fourth-order valence-electron chi connectivity index (χ4n) is 4.67. The van der Waals surface area contributed by atoms with Crippen molar-refractivity contribution < 1.29 is 25.2 Å². The van der Waals surface area contributed by atoms with Gasteiger partial charge in [-0.1, -0.05) is 26.7 Å². The highest BCUT2D eigenvalue weighted by molar-refractivity contribution is 4.94. The summed E-state index contributed by atoms with van der Waals surface area (Å²) in [5.41, 5.74) is 0. The molecule has 6 heteroatoms. The molecule has 1 aliphatic carbocycles. The molecule has 0 spiro atoms. The van der Waals surface area contributed by atoms with Gasteiger partial charge in [-0.05, 0) is 50.5 Å². The van der Waals surface area contributed by atoms with Gasteiger partial charge in [0.1, 0.15) is 12.2 Å². The lowest BCUT2D eigenvalue weighted by Gasteiger charge is -2.43. The Morgan fingerprint density at radius 2 is 1.54 bits per heavy atom. The van der Waals surface area contributed by atoms with Gasteiger partial charge in [0, 0.05) is 13.2 Å². The van der Waals surface area contributed by atoms with Crippen molar-refractivity contribution in [3.8, 4) is 0 Å². The number of piperidine rings is 1. The zero-order chi connectivity index (χ0) is 19.1. The van der Waals surface area contributed by atoms with Gasteiger partial charge in [0.25, 0.3) is 0 Å². The molecule has 2 fully saturated rings. The Hall–Kier alpha value is -0.240. The molecule has 0 aromatic rings. The molecule has 6 nitrogen and oxygen atoms in total. The normalized spacial score (nSPS) is 39.2.